The Morgan fingerprint density at radius 3 is 2.50 bits per heavy atom. The van der Waals surface area contributed by atoms with Crippen molar-refractivity contribution in [1.82, 2.24) is 4.98 Å². The number of aromatic nitrogens is 1. The SMILES string of the molecule is C=C/C(=C/C(=N\C(=N)c1cccc(C(F)(F)F)n1)Oc1ccccc1)C(=O)OCC. The van der Waals surface area contributed by atoms with Crippen LogP contribution in [0.5, 0.6) is 5.75 Å². The number of para-hydroxylation sites is 1. The Bertz CT molecular complexity index is 984. The Hall–Kier alpha value is -3.75. The van der Waals surface area contributed by atoms with Crippen molar-refractivity contribution in [3.05, 3.63) is 84.2 Å². The van der Waals surface area contributed by atoms with Crippen molar-refractivity contribution in [1.29, 1.82) is 5.41 Å². The molecule has 0 aliphatic heterocycles. The number of carbonyl (C=O) groups is 1. The number of pyridine rings is 1. The van der Waals surface area contributed by atoms with Gasteiger partial charge in [0.25, 0.3) is 0 Å². The number of aliphatic imine (C=N–C) groups is 1. The summed E-state index contributed by atoms with van der Waals surface area (Å²) < 4.78 is 49.2. The van der Waals surface area contributed by atoms with E-state index in [4.69, 9.17) is 14.9 Å². The number of rotatable bonds is 6. The van der Waals surface area contributed by atoms with Gasteiger partial charge in [-0.2, -0.15) is 18.2 Å². The highest BCUT2D eigenvalue weighted by Crippen LogP contribution is 2.27. The first kappa shape index (κ1) is 22.5. The van der Waals surface area contributed by atoms with Gasteiger partial charge in [0.2, 0.25) is 5.90 Å². The molecule has 156 valence electrons. The van der Waals surface area contributed by atoms with Crippen LogP contribution in [0.15, 0.2) is 77.8 Å². The molecule has 1 N–H and O–H groups in total. The van der Waals surface area contributed by atoms with Crippen molar-refractivity contribution in [3.63, 3.8) is 0 Å². The molecule has 0 saturated heterocycles. The minimum atomic E-state index is -4.66. The van der Waals surface area contributed by atoms with Gasteiger partial charge in [0.1, 0.15) is 17.1 Å². The molecule has 0 amide bonds. The number of amidine groups is 1. The summed E-state index contributed by atoms with van der Waals surface area (Å²) in [4.78, 5) is 19.3. The average molecular weight is 417 g/mol. The number of nitrogens with zero attached hydrogens (tertiary/aromatic N) is 2. The molecule has 2 rings (SSSR count). The monoisotopic (exact) mass is 417 g/mol. The molecule has 1 heterocycles. The number of halogens is 3. The highest BCUT2D eigenvalue weighted by Gasteiger charge is 2.32. The minimum Gasteiger partial charge on any atom is -0.462 e. The summed E-state index contributed by atoms with van der Waals surface area (Å²) in [5, 5.41) is 8.05. The third-order valence-corrected chi connectivity index (χ3v) is 3.48. The molecule has 30 heavy (non-hydrogen) atoms. The van der Waals surface area contributed by atoms with E-state index in [1.54, 1.807) is 37.3 Å². The molecule has 6 nitrogen and oxygen atoms in total. The largest absolute Gasteiger partial charge is 0.462 e. The van der Waals surface area contributed by atoms with Crippen LogP contribution >= 0.6 is 0 Å². The second-order valence-corrected chi connectivity index (χ2v) is 5.64. The van der Waals surface area contributed by atoms with E-state index in [1.165, 1.54) is 18.2 Å². The topological polar surface area (TPSA) is 84.6 Å². The highest BCUT2D eigenvalue weighted by atomic mass is 19.4. The van der Waals surface area contributed by atoms with Crippen molar-refractivity contribution >= 4 is 17.7 Å². The van der Waals surface area contributed by atoms with Crippen LogP contribution < -0.4 is 4.74 Å². The standard InChI is InChI=1S/C21H18F3N3O3/c1-3-14(20(28)29-4-2)13-18(30-15-9-6-5-7-10-15)27-19(25)16-11-8-12-17(26-16)21(22,23)24/h3,5-13,25H,1,4H2,2H3/b14-13-,25-19?,27-18+. The zero-order chi connectivity index (χ0) is 22.1. The van der Waals surface area contributed by atoms with Crippen LogP contribution in [-0.2, 0) is 15.7 Å². The van der Waals surface area contributed by atoms with E-state index >= 15 is 0 Å². The van der Waals surface area contributed by atoms with Gasteiger partial charge in [0.15, 0.2) is 5.84 Å². The minimum absolute atomic E-state index is 0.00340. The molecular weight excluding hydrogens is 399 g/mol. The Kier molecular flexibility index (Phi) is 7.62. The zero-order valence-corrected chi connectivity index (χ0v) is 15.9. The van der Waals surface area contributed by atoms with Crippen molar-refractivity contribution in [2.75, 3.05) is 6.61 Å². The Balaban J connectivity index is 2.45. The van der Waals surface area contributed by atoms with Crippen LogP contribution in [0, 0.1) is 5.41 Å². The van der Waals surface area contributed by atoms with E-state index in [-0.39, 0.29) is 23.8 Å². The Morgan fingerprint density at radius 2 is 1.90 bits per heavy atom. The van der Waals surface area contributed by atoms with Crippen LogP contribution in [0.2, 0.25) is 0 Å². The lowest BCUT2D eigenvalue weighted by molar-refractivity contribution is -0.141. The molecule has 0 atom stereocenters. The molecule has 0 unspecified atom stereocenters. The first-order chi connectivity index (χ1) is 14.2. The van der Waals surface area contributed by atoms with Crippen molar-refractivity contribution in [2.45, 2.75) is 13.1 Å². The smallest absolute Gasteiger partial charge is 0.433 e. The Labute approximate surface area is 170 Å². The van der Waals surface area contributed by atoms with Crippen LogP contribution in [0.3, 0.4) is 0 Å². The maximum Gasteiger partial charge on any atom is 0.433 e. The molecule has 0 fully saturated rings. The molecule has 0 radical (unpaired) electrons. The Morgan fingerprint density at radius 1 is 1.20 bits per heavy atom. The van der Waals surface area contributed by atoms with Crippen LogP contribution in [-0.4, -0.2) is 29.3 Å². The van der Waals surface area contributed by atoms with Gasteiger partial charge < -0.3 is 9.47 Å². The van der Waals surface area contributed by atoms with Crippen molar-refractivity contribution in [3.8, 4) is 5.75 Å². The fourth-order valence-corrected chi connectivity index (χ4v) is 2.13. The summed E-state index contributed by atoms with van der Waals surface area (Å²) in [6.07, 6.45) is -2.27. The summed E-state index contributed by atoms with van der Waals surface area (Å²) in [7, 11) is 0. The van der Waals surface area contributed by atoms with Crippen molar-refractivity contribution < 1.29 is 27.4 Å². The van der Waals surface area contributed by atoms with E-state index in [1.807, 2.05) is 0 Å². The summed E-state index contributed by atoms with van der Waals surface area (Å²) in [5.74, 6) is -1.17. The summed E-state index contributed by atoms with van der Waals surface area (Å²) >= 11 is 0. The summed E-state index contributed by atoms with van der Waals surface area (Å²) in [5.41, 5.74) is -1.47. The van der Waals surface area contributed by atoms with E-state index in [9.17, 15) is 18.0 Å². The van der Waals surface area contributed by atoms with Gasteiger partial charge in [0.05, 0.1) is 12.2 Å². The number of nitrogens with one attached hydrogen (secondary N) is 1. The predicted octanol–water partition coefficient (Wildman–Crippen LogP) is 4.58. The fraction of sp³-hybridized carbons (Fsp3) is 0.143. The van der Waals surface area contributed by atoms with E-state index < -0.39 is 23.7 Å². The third kappa shape index (κ3) is 6.40. The molecule has 0 bridgehead atoms. The quantitative estimate of drug-likeness (QED) is 0.245. The first-order valence-electron chi connectivity index (χ1n) is 8.70. The van der Waals surface area contributed by atoms with Gasteiger partial charge in [-0.15, -0.1) is 0 Å². The lowest BCUT2D eigenvalue weighted by Crippen LogP contribution is -2.15. The number of carbonyl (C=O) groups excluding carboxylic acids is 1. The van der Waals surface area contributed by atoms with Crippen molar-refractivity contribution in [2.24, 2.45) is 4.99 Å². The average Bonchev–Trinajstić information content (AvgIpc) is 2.72. The molecule has 2 aromatic rings. The van der Waals surface area contributed by atoms with E-state index in [0.29, 0.717) is 5.75 Å². The molecular formula is C21H18F3N3O3. The van der Waals surface area contributed by atoms with Gasteiger partial charge in [-0.25, -0.2) is 9.78 Å². The summed E-state index contributed by atoms with van der Waals surface area (Å²) in [6, 6.07) is 11.5. The van der Waals surface area contributed by atoms with Crippen LogP contribution in [0.25, 0.3) is 0 Å². The number of hydrogen-bond donors (Lipinski definition) is 1. The van der Waals surface area contributed by atoms with Crippen LogP contribution in [0.4, 0.5) is 13.2 Å². The molecule has 0 saturated carbocycles. The number of hydrogen-bond acceptors (Lipinski definition) is 5. The van der Waals surface area contributed by atoms with Gasteiger partial charge in [0, 0.05) is 6.08 Å². The van der Waals surface area contributed by atoms with Gasteiger partial charge in [-0.3, -0.25) is 5.41 Å². The number of alkyl halides is 3. The van der Waals surface area contributed by atoms with Crippen LogP contribution in [0.1, 0.15) is 18.3 Å². The third-order valence-electron chi connectivity index (χ3n) is 3.48. The molecule has 1 aromatic carbocycles. The van der Waals surface area contributed by atoms with E-state index in [2.05, 4.69) is 16.6 Å². The van der Waals surface area contributed by atoms with Gasteiger partial charge in [-0.1, -0.05) is 36.9 Å². The number of ether oxygens (including phenoxy) is 2. The molecule has 0 spiro atoms. The first-order valence-corrected chi connectivity index (χ1v) is 8.70. The molecule has 0 aliphatic carbocycles. The fourth-order valence-electron chi connectivity index (χ4n) is 2.13. The second kappa shape index (κ2) is 10.1. The summed E-state index contributed by atoms with van der Waals surface area (Å²) in [6.45, 7) is 5.28. The number of esters is 1. The molecule has 9 heteroatoms. The van der Waals surface area contributed by atoms with Gasteiger partial charge in [-0.05, 0) is 31.2 Å². The highest BCUT2D eigenvalue weighted by molar-refractivity contribution is 6.08. The predicted molar refractivity (Wildman–Crippen MR) is 105 cm³/mol. The molecule has 1 aromatic heterocycles. The number of benzene rings is 1. The van der Waals surface area contributed by atoms with E-state index in [0.717, 1.165) is 12.1 Å². The maximum atomic E-state index is 12.9. The van der Waals surface area contributed by atoms with Gasteiger partial charge >= 0.3 is 12.1 Å². The lowest BCUT2D eigenvalue weighted by atomic mass is 10.2. The lowest BCUT2D eigenvalue weighted by Gasteiger charge is -2.09. The molecule has 0 aliphatic rings. The second-order valence-electron chi connectivity index (χ2n) is 5.64. The normalized spacial score (nSPS) is 12.3. The zero-order valence-electron chi connectivity index (χ0n) is 15.9. The maximum absolute atomic E-state index is 12.9.